The molecule has 4 heteroatoms. The number of terminal acetylenes is 1. The van der Waals surface area contributed by atoms with E-state index in [4.69, 9.17) is 11.7 Å². The zero-order valence-corrected chi connectivity index (χ0v) is 7.94. The second-order valence-electron chi connectivity index (χ2n) is 2.59. The van der Waals surface area contributed by atoms with Gasteiger partial charge in [-0.05, 0) is 6.92 Å². The van der Waals surface area contributed by atoms with Gasteiger partial charge in [0.05, 0.1) is 18.9 Å². The molecule has 1 heterocycles. The summed E-state index contributed by atoms with van der Waals surface area (Å²) in [4.78, 5) is 9.90. The summed E-state index contributed by atoms with van der Waals surface area (Å²) in [5.41, 5.74) is 0.311. The van der Waals surface area contributed by atoms with Crippen molar-refractivity contribution < 1.29 is 0 Å². The van der Waals surface area contributed by atoms with E-state index in [2.05, 4.69) is 15.9 Å². The number of hydrogen-bond acceptors (Lipinski definition) is 4. The Morgan fingerprint density at radius 1 is 1.50 bits per heavy atom. The highest BCUT2D eigenvalue weighted by Crippen LogP contribution is 2.07. The van der Waals surface area contributed by atoms with Gasteiger partial charge in [0.2, 0.25) is 0 Å². The third-order valence-corrected chi connectivity index (χ3v) is 1.74. The molecule has 1 rings (SSSR count). The first kappa shape index (κ1) is 10.0. The third-order valence-electron chi connectivity index (χ3n) is 1.74. The van der Waals surface area contributed by atoms with E-state index in [1.807, 2.05) is 17.9 Å². The molecule has 0 aliphatic heterocycles. The van der Waals surface area contributed by atoms with Crippen LogP contribution in [0, 0.1) is 23.7 Å². The molecule has 0 fully saturated rings. The Morgan fingerprint density at radius 2 is 2.29 bits per heavy atom. The van der Waals surface area contributed by atoms with Crippen LogP contribution in [0.15, 0.2) is 12.4 Å². The lowest BCUT2D eigenvalue weighted by Crippen LogP contribution is -2.24. The van der Waals surface area contributed by atoms with Crippen LogP contribution >= 0.6 is 0 Å². The molecule has 1 aromatic rings. The highest BCUT2D eigenvalue weighted by atomic mass is 15.2. The summed E-state index contributed by atoms with van der Waals surface area (Å²) in [7, 11) is 0. The lowest BCUT2D eigenvalue weighted by Gasteiger charge is -2.17. The van der Waals surface area contributed by atoms with Crippen LogP contribution < -0.4 is 4.90 Å². The topological polar surface area (TPSA) is 52.8 Å². The zero-order chi connectivity index (χ0) is 10.4. The minimum absolute atomic E-state index is 0.311. The highest BCUT2D eigenvalue weighted by Gasteiger charge is 2.03. The molecule has 0 aromatic carbocycles. The fourth-order valence-corrected chi connectivity index (χ4v) is 1.01. The summed E-state index contributed by atoms with van der Waals surface area (Å²) in [6.45, 7) is 3.25. The molecule has 4 nitrogen and oxygen atoms in total. The van der Waals surface area contributed by atoms with Gasteiger partial charge in [-0.3, -0.25) is 0 Å². The van der Waals surface area contributed by atoms with Crippen molar-refractivity contribution in [3.05, 3.63) is 18.1 Å². The summed E-state index contributed by atoms with van der Waals surface area (Å²) in [6.07, 6.45) is 8.20. The molecular weight excluding hydrogens is 176 g/mol. The number of nitrogens with zero attached hydrogens (tertiary/aromatic N) is 4. The normalized spacial score (nSPS) is 8.79. The molecule has 0 aliphatic rings. The molecule has 0 N–H and O–H groups in total. The minimum atomic E-state index is 0.311. The van der Waals surface area contributed by atoms with Crippen LogP contribution in [-0.2, 0) is 0 Å². The quantitative estimate of drug-likeness (QED) is 0.655. The van der Waals surface area contributed by atoms with Gasteiger partial charge in [-0.15, -0.1) is 6.42 Å². The predicted molar refractivity (Wildman–Crippen MR) is 53.5 cm³/mol. The van der Waals surface area contributed by atoms with Crippen molar-refractivity contribution in [2.45, 2.75) is 6.92 Å². The van der Waals surface area contributed by atoms with E-state index >= 15 is 0 Å². The van der Waals surface area contributed by atoms with Crippen molar-refractivity contribution in [2.24, 2.45) is 0 Å². The number of anilines is 1. The molecule has 0 saturated carbocycles. The zero-order valence-electron chi connectivity index (χ0n) is 7.94. The lowest BCUT2D eigenvalue weighted by atomic mass is 10.4. The van der Waals surface area contributed by atoms with Crippen molar-refractivity contribution >= 4 is 5.82 Å². The monoisotopic (exact) mass is 186 g/mol. The van der Waals surface area contributed by atoms with Gasteiger partial charge >= 0.3 is 0 Å². The van der Waals surface area contributed by atoms with Gasteiger partial charge < -0.3 is 4.90 Å². The van der Waals surface area contributed by atoms with Gasteiger partial charge in [0.15, 0.2) is 5.69 Å². The molecule has 0 saturated heterocycles. The van der Waals surface area contributed by atoms with Crippen molar-refractivity contribution in [3.63, 3.8) is 0 Å². The van der Waals surface area contributed by atoms with Crippen LogP contribution in [0.2, 0.25) is 0 Å². The molecule has 70 valence electrons. The van der Waals surface area contributed by atoms with Crippen LogP contribution in [0.3, 0.4) is 0 Å². The van der Waals surface area contributed by atoms with E-state index in [-0.39, 0.29) is 0 Å². The molecule has 0 bridgehead atoms. The maximum absolute atomic E-state index is 8.53. The van der Waals surface area contributed by atoms with E-state index in [1.54, 1.807) is 6.20 Å². The molecule has 0 aliphatic carbocycles. The summed E-state index contributed by atoms with van der Waals surface area (Å²) < 4.78 is 0. The Balaban J connectivity index is 2.86. The number of hydrogen-bond donors (Lipinski definition) is 0. The maximum Gasteiger partial charge on any atom is 0.158 e. The number of aromatic nitrogens is 2. The van der Waals surface area contributed by atoms with Crippen molar-refractivity contribution in [2.75, 3.05) is 18.0 Å². The molecule has 14 heavy (non-hydrogen) atoms. The third kappa shape index (κ3) is 2.21. The van der Waals surface area contributed by atoms with Gasteiger partial charge in [-0.1, -0.05) is 5.92 Å². The van der Waals surface area contributed by atoms with Crippen molar-refractivity contribution in [1.82, 2.24) is 9.97 Å². The van der Waals surface area contributed by atoms with Gasteiger partial charge in [-0.25, -0.2) is 9.97 Å². The van der Waals surface area contributed by atoms with Crippen LogP contribution in [0.4, 0.5) is 5.82 Å². The Kier molecular flexibility index (Phi) is 3.46. The van der Waals surface area contributed by atoms with E-state index in [0.29, 0.717) is 18.1 Å². The summed E-state index contributed by atoms with van der Waals surface area (Å²) >= 11 is 0. The smallest absolute Gasteiger partial charge is 0.158 e. The highest BCUT2D eigenvalue weighted by molar-refractivity contribution is 5.38. The fourth-order valence-electron chi connectivity index (χ4n) is 1.01. The Morgan fingerprint density at radius 3 is 2.71 bits per heavy atom. The van der Waals surface area contributed by atoms with Gasteiger partial charge in [0.1, 0.15) is 11.9 Å². The van der Waals surface area contributed by atoms with E-state index in [1.165, 1.54) is 6.20 Å². The van der Waals surface area contributed by atoms with Gasteiger partial charge in [0, 0.05) is 6.54 Å². The van der Waals surface area contributed by atoms with Gasteiger partial charge in [0.25, 0.3) is 0 Å². The molecular formula is C10H10N4. The Labute approximate surface area is 83.2 Å². The van der Waals surface area contributed by atoms with E-state index in [0.717, 1.165) is 6.54 Å². The second-order valence-corrected chi connectivity index (χ2v) is 2.59. The van der Waals surface area contributed by atoms with Crippen LogP contribution in [0.1, 0.15) is 12.6 Å². The number of rotatable bonds is 3. The van der Waals surface area contributed by atoms with E-state index in [9.17, 15) is 0 Å². The maximum atomic E-state index is 8.53. The van der Waals surface area contributed by atoms with Crippen LogP contribution in [-0.4, -0.2) is 23.1 Å². The molecule has 0 atom stereocenters. The fraction of sp³-hybridized carbons (Fsp3) is 0.300. The SMILES string of the molecule is C#CCN(CC)c1cnc(C#N)cn1. The molecule has 0 radical (unpaired) electrons. The average molecular weight is 186 g/mol. The molecule has 0 spiro atoms. The predicted octanol–water partition coefficient (Wildman–Crippen LogP) is 0.808. The first-order valence-corrected chi connectivity index (χ1v) is 4.22. The average Bonchev–Trinajstić information content (AvgIpc) is 2.26. The summed E-state index contributed by atoms with van der Waals surface area (Å²) in [5.74, 6) is 3.24. The van der Waals surface area contributed by atoms with Gasteiger partial charge in [-0.2, -0.15) is 5.26 Å². The summed E-state index contributed by atoms with van der Waals surface area (Å²) in [5, 5.41) is 8.53. The molecule has 0 unspecified atom stereocenters. The number of nitriles is 1. The largest absolute Gasteiger partial charge is 0.344 e. The first-order valence-electron chi connectivity index (χ1n) is 4.22. The van der Waals surface area contributed by atoms with Crippen molar-refractivity contribution in [3.8, 4) is 18.4 Å². The second kappa shape index (κ2) is 4.84. The molecule has 1 aromatic heterocycles. The van der Waals surface area contributed by atoms with Crippen molar-refractivity contribution in [1.29, 1.82) is 5.26 Å². The molecule has 0 amide bonds. The first-order chi connectivity index (χ1) is 6.81. The lowest BCUT2D eigenvalue weighted by molar-refractivity contribution is 0.884. The van der Waals surface area contributed by atoms with Crippen LogP contribution in [0.25, 0.3) is 0 Å². The van der Waals surface area contributed by atoms with E-state index < -0.39 is 0 Å². The standard InChI is InChI=1S/C10H10N4/c1-3-5-14(4-2)10-8-12-9(6-11)7-13-10/h1,7-8H,4-5H2,2H3. The van der Waals surface area contributed by atoms with Crippen LogP contribution in [0.5, 0.6) is 0 Å². The Hall–Kier alpha value is -2.07. The summed E-state index contributed by atoms with van der Waals surface area (Å²) in [6, 6.07) is 1.91. The Bertz CT molecular complexity index is 369. The minimum Gasteiger partial charge on any atom is -0.344 e.